The van der Waals surface area contributed by atoms with Gasteiger partial charge in [0.2, 0.25) is 5.82 Å². The minimum atomic E-state index is 0.408. The minimum absolute atomic E-state index is 0.408. The molecule has 0 N–H and O–H groups in total. The predicted molar refractivity (Wildman–Crippen MR) is 83.3 cm³/mol. The summed E-state index contributed by atoms with van der Waals surface area (Å²) in [5.41, 5.74) is 1.59. The second-order valence-corrected chi connectivity index (χ2v) is 4.94. The molecule has 0 aliphatic heterocycles. The van der Waals surface area contributed by atoms with Crippen molar-refractivity contribution in [3.63, 3.8) is 0 Å². The van der Waals surface area contributed by atoms with Crippen LogP contribution in [0.1, 0.15) is 0 Å². The number of hydrogen-bond donors (Lipinski definition) is 0. The van der Waals surface area contributed by atoms with Gasteiger partial charge < -0.3 is 14.0 Å². The highest BCUT2D eigenvalue weighted by Crippen LogP contribution is 2.32. The largest absolute Gasteiger partial charge is 0.493 e. The van der Waals surface area contributed by atoms with Crippen LogP contribution in [0.3, 0.4) is 0 Å². The zero-order chi connectivity index (χ0) is 15.5. The Bertz CT molecular complexity index is 784. The van der Waals surface area contributed by atoms with Crippen LogP contribution in [-0.4, -0.2) is 24.4 Å². The fourth-order valence-electron chi connectivity index (χ4n) is 2.03. The summed E-state index contributed by atoms with van der Waals surface area (Å²) in [5.74, 6) is 2.15. The first-order valence-corrected chi connectivity index (χ1v) is 6.91. The highest BCUT2D eigenvalue weighted by Gasteiger charge is 2.13. The van der Waals surface area contributed by atoms with Crippen molar-refractivity contribution in [1.29, 1.82) is 0 Å². The van der Waals surface area contributed by atoms with Crippen LogP contribution in [0.2, 0.25) is 5.02 Å². The first-order valence-electron chi connectivity index (χ1n) is 6.53. The Morgan fingerprint density at radius 3 is 2.27 bits per heavy atom. The lowest BCUT2D eigenvalue weighted by Gasteiger charge is -2.07. The van der Waals surface area contributed by atoms with Crippen LogP contribution in [0.25, 0.3) is 22.8 Å². The van der Waals surface area contributed by atoms with Crippen molar-refractivity contribution >= 4 is 11.6 Å². The predicted octanol–water partition coefficient (Wildman–Crippen LogP) is 4.07. The van der Waals surface area contributed by atoms with E-state index in [1.54, 1.807) is 38.5 Å². The molecule has 112 valence electrons. The van der Waals surface area contributed by atoms with Crippen molar-refractivity contribution in [2.24, 2.45) is 0 Å². The highest BCUT2D eigenvalue weighted by molar-refractivity contribution is 6.30. The lowest BCUT2D eigenvalue weighted by Crippen LogP contribution is -1.90. The van der Waals surface area contributed by atoms with Gasteiger partial charge in [-0.1, -0.05) is 16.8 Å². The molecule has 0 bridgehead atoms. The number of aromatic nitrogens is 2. The molecular formula is C16H13ClN2O3. The number of rotatable bonds is 4. The lowest BCUT2D eigenvalue weighted by atomic mass is 10.2. The molecule has 0 unspecified atom stereocenters. The molecule has 0 amide bonds. The number of halogens is 1. The van der Waals surface area contributed by atoms with Gasteiger partial charge in [-0.3, -0.25) is 0 Å². The van der Waals surface area contributed by atoms with E-state index >= 15 is 0 Å². The molecule has 0 radical (unpaired) electrons. The fourth-order valence-corrected chi connectivity index (χ4v) is 2.15. The van der Waals surface area contributed by atoms with Gasteiger partial charge in [0, 0.05) is 16.1 Å². The van der Waals surface area contributed by atoms with Gasteiger partial charge in [-0.05, 0) is 42.5 Å². The summed E-state index contributed by atoms with van der Waals surface area (Å²) in [4.78, 5) is 4.39. The van der Waals surface area contributed by atoms with Crippen molar-refractivity contribution in [2.75, 3.05) is 14.2 Å². The average Bonchev–Trinajstić information content (AvgIpc) is 3.05. The van der Waals surface area contributed by atoms with Gasteiger partial charge in [0.15, 0.2) is 11.5 Å². The quantitative estimate of drug-likeness (QED) is 0.726. The zero-order valence-corrected chi connectivity index (χ0v) is 12.8. The van der Waals surface area contributed by atoms with Gasteiger partial charge in [0.1, 0.15) is 0 Å². The Hall–Kier alpha value is -2.53. The van der Waals surface area contributed by atoms with Gasteiger partial charge in [0.05, 0.1) is 14.2 Å². The van der Waals surface area contributed by atoms with Gasteiger partial charge in [0.25, 0.3) is 5.89 Å². The molecule has 0 aliphatic rings. The molecule has 1 heterocycles. The summed E-state index contributed by atoms with van der Waals surface area (Å²) < 4.78 is 15.8. The van der Waals surface area contributed by atoms with Crippen LogP contribution < -0.4 is 9.47 Å². The summed E-state index contributed by atoms with van der Waals surface area (Å²) in [5, 5.41) is 4.65. The fraction of sp³-hybridized carbons (Fsp3) is 0.125. The van der Waals surface area contributed by atoms with Crippen LogP contribution in [-0.2, 0) is 0 Å². The third-order valence-electron chi connectivity index (χ3n) is 3.16. The van der Waals surface area contributed by atoms with Crippen LogP contribution in [0, 0.1) is 0 Å². The standard InChI is InChI=1S/C16H13ClN2O3/c1-20-13-8-5-11(9-14(13)21-2)16-18-15(19-22-16)10-3-6-12(17)7-4-10/h3-9H,1-2H3. The molecule has 0 spiro atoms. The molecule has 0 saturated carbocycles. The van der Waals surface area contributed by atoms with E-state index in [9.17, 15) is 0 Å². The molecule has 22 heavy (non-hydrogen) atoms. The second kappa shape index (κ2) is 6.07. The van der Waals surface area contributed by atoms with Crippen LogP contribution in [0.4, 0.5) is 0 Å². The van der Waals surface area contributed by atoms with E-state index in [0.717, 1.165) is 11.1 Å². The number of hydrogen-bond acceptors (Lipinski definition) is 5. The van der Waals surface area contributed by atoms with E-state index in [4.69, 9.17) is 25.6 Å². The number of benzene rings is 2. The van der Waals surface area contributed by atoms with Crippen molar-refractivity contribution in [1.82, 2.24) is 10.1 Å². The van der Waals surface area contributed by atoms with Gasteiger partial charge in [-0.25, -0.2) is 0 Å². The normalized spacial score (nSPS) is 10.5. The Morgan fingerprint density at radius 1 is 0.909 bits per heavy atom. The van der Waals surface area contributed by atoms with Crippen molar-refractivity contribution < 1.29 is 14.0 Å². The van der Waals surface area contributed by atoms with Crippen LogP contribution >= 0.6 is 11.6 Å². The molecule has 0 fully saturated rings. The summed E-state index contributed by atoms with van der Waals surface area (Å²) in [7, 11) is 3.16. The number of nitrogens with zero attached hydrogens (tertiary/aromatic N) is 2. The van der Waals surface area contributed by atoms with E-state index in [-0.39, 0.29) is 0 Å². The van der Waals surface area contributed by atoms with Crippen LogP contribution in [0.15, 0.2) is 47.0 Å². The molecule has 3 rings (SSSR count). The summed E-state index contributed by atoms with van der Waals surface area (Å²) >= 11 is 5.87. The SMILES string of the molecule is COc1ccc(-c2nc(-c3ccc(Cl)cc3)no2)cc1OC. The summed E-state index contributed by atoms with van der Waals surface area (Å²) in [6, 6.07) is 12.7. The molecule has 6 heteroatoms. The summed E-state index contributed by atoms with van der Waals surface area (Å²) in [6.45, 7) is 0. The maximum Gasteiger partial charge on any atom is 0.258 e. The Kier molecular flexibility index (Phi) is 3.98. The molecule has 1 aromatic heterocycles. The Labute approximate surface area is 132 Å². The molecule has 3 aromatic rings. The average molecular weight is 317 g/mol. The molecule has 0 saturated heterocycles. The van der Waals surface area contributed by atoms with E-state index < -0.39 is 0 Å². The minimum Gasteiger partial charge on any atom is -0.493 e. The van der Waals surface area contributed by atoms with Gasteiger partial charge in [-0.2, -0.15) is 4.98 Å². The molecular weight excluding hydrogens is 304 g/mol. The van der Waals surface area contributed by atoms with E-state index in [1.165, 1.54) is 0 Å². The van der Waals surface area contributed by atoms with E-state index in [2.05, 4.69) is 10.1 Å². The van der Waals surface area contributed by atoms with Gasteiger partial charge in [-0.15, -0.1) is 0 Å². The summed E-state index contributed by atoms with van der Waals surface area (Å²) in [6.07, 6.45) is 0. The maximum absolute atomic E-state index is 5.87. The third-order valence-corrected chi connectivity index (χ3v) is 3.41. The van der Waals surface area contributed by atoms with Crippen molar-refractivity contribution in [2.45, 2.75) is 0 Å². The molecule has 0 atom stereocenters. The van der Waals surface area contributed by atoms with E-state index in [0.29, 0.717) is 28.2 Å². The zero-order valence-electron chi connectivity index (χ0n) is 12.0. The number of ether oxygens (including phenoxy) is 2. The number of methoxy groups -OCH3 is 2. The highest BCUT2D eigenvalue weighted by atomic mass is 35.5. The van der Waals surface area contributed by atoms with Gasteiger partial charge >= 0.3 is 0 Å². The maximum atomic E-state index is 5.87. The second-order valence-electron chi connectivity index (χ2n) is 4.50. The molecule has 5 nitrogen and oxygen atoms in total. The molecule has 0 aliphatic carbocycles. The van der Waals surface area contributed by atoms with Crippen molar-refractivity contribution in [3.05, 3.63) is 47.5 Å². The first kappa shape index (κ1) is 14.4. The Morgan fingerprint density at radius 2 is 1.59 bits per heavy atom. The van der Waals surface area contributed by atoms with Crippen molar-refractivity contribution in [3.8, 4) is 34.3 Å². The smallest absolute Gasteiger partial charge is 0.258 e. The molecule has 2 aromatic carbocycles. The first-order chi connectivity index (χ1) is 10.7. The Balaban J connectivity index is 1.95. The van der Waals surface area contributed by atoms with E-state index in [1.807, 2.05) is 18.2 Å². The lowest BCUT2D eigenvalue weighted by molar-refractivity contribution is 0.355. The van der Waals surface area contributed by atoms with Crippen LogP contribution in [0.5, 0.6) is 11.5 Å². The topological polar surface area (TPSA) is 57.4 Å². The monoisotopic (exact) mass is 316 g/mol. The third kappa shape index (κ3) is 2.76.